The molecule has 4 aliphatic heterocycles. The van der Waals surface area contributed by atoms with E-state index in [0.717, 1.165) is 51.3 Å². The van der Waals surface area contributed by atoms with Gasteiger partial charge in [-0.1, -0.05) is 36.4 Å². The molecule has 10 rings (SSSR count). The fraction of sp³-hybridized carbons (Fsp3) is 0.135. The Morgan fingerprint density at radius 2 is 0.775 bits per heavy atom. The summed E-state index contributed by atoms with van der Waals surface area (Å²) >= 11 is 0. The second-order valence-corrected chi connectivity index (χ2v) is 15.1. The Morgan fingerprint density at radius 1 is 0.423 bits per heavy atom. The number of phenolic OH excluding ortho intramolecular Hbond substituents is 4. The lowest BCUT2D eigenvalue weighted by atomic mass is 10.2. The van der Waals surface area contributed by atoms with Crippen LogP contribution in [-0.2, 0) is 34.0 Å². The van der Waals surface area contributed by atoms with Crippen molar-refractivity contribution >= 4 is 36.0 Å². The highest BCUT2D eigenvalue weighted by atomic mass is 16.7. The number of carboxylic acids is 1. The highest BCUT2D eigenvalue weighted by molar-refractivity contribution is 5.92. The van der Waals surface area contributed by atoms with Crippen molar-refractivity contribution < 1.29 is 77.8 Å². The number of aliphatic carboxylic acids is 1. The second-order valence-electron chi connectivity index (χ2n) is 15.1. The average Bonchev–Trinajstić information content (AvgIpc) is 4.23. The lowest BCUT2D eigenvalue weighted by Crippen LogP contribution is -2.20. The molecule has 0 unspecified atom stereocenters. The molecule has 0 bridgehead atoms. The zero-order valence-corrected chi connectivity index (χ0v) is 37.6. The van der Waals surface area contributed by atoms with Gasteiger partial charge in [-0.2, -0.15) is 0 Å². The van der Waals surface area contributed by atoms with E-state index >= 15 is 0 Å². The second kappa shape index (κ2) is 24.0. The molecular formula is C52H47N3O16. The Bertz CT molecular complexity index is 2970. The van der Waals surface area contributed by atoms with Crippen LogP contribution in [0.1, 0.15) is 33.4 Å². The van der Waals surface area contributed by atoms with Crippen molar-refractivity contribution in [2.24, 2.45) is 5.73 Å². The maximum absolute atomic E-state index is 11.9. The minimum absolute atomic E-state index is 0.176. The monoisotopic (exact) mass is 969 g/mol. The van der Waals surface area contributed by atoms with Crippen LogP contribution < -0.4 is 54.3 Å². The molecule has 0 spiro atoms. The van der Waals surface area contributed by atoms with Gasteiger partial charge in [-0.25, -0.2) is 4.79 Å². The first-order chi connectivity index (χ1) is 34.4. The molecule has 0 saturated heterocycles. The summed E-state index contributed by atoms with van der Waals surface area (Å²) < 4.78 is 41.7. The van der Waals surface area contributed by atoms with Crippen molar-refractivity contribution in [1.82, 2.24) is 10.6 Å². The van der Waals surface area contributed by atoms with Gasteiger partial charge in [0.15, 0.2) is 69.0 Å². The normalized spacial score (nSPS) is 12.9. The Hall–Kier alpha value is -9.49. The van der Waals surface area contributed by atoms with Gasteiger partial charge in [0.1, 0.15) is 0 Å². The van der Waals surface area contributed by atoms with E-state index < -0.39 is 5.97 Å². The average molecular weight is 970 g/mol. The number of aromatic hydroxyl groups is 4. The van der Waals surface area contributed by atoms with E-state index in [0.29, 0.717) is 54.0 Å². The number of carbonyl (C=O) groups excluding carboxylic acids is 2. The molecule has 19 heteroatoms. The van der Waals surface area contributed by atoms with Crippen LogP contribution in [0.3, 0.4) is 0 Å². The fourth-order valence-electron chi connectivity index (χ4n) is 6.48. The first kappa shape index (κ1) is 49.4. The third kappa shape index (κ3) is 14.5. The van der Waals surface area contributed by atoms with E-state index in [1.54, 1.807) is 36.4 Å². The van der Waals surface area contributed by atoms with Crippen molar-refractivity contribution in [2.75, 3.05) is 27.2 Å². The number of amides is 2. The van der Waals surface area contributed by atoms with E-state index in [2.05, 4.69) is 10.6 Å². The van der Waals surface area contributed by atoms with Crippen LogP contribution in [0, 0.1) is 0 Å². The fourth-order valence-corrected chi connectivity index (χ4v) is 6.48. The van der Waals surface area contributed by atoms with Crippen molar-refractivity contribution in [1.29, 1.82) is 0 Å². The van der Waals surface area contributed by atoms with E-state index in [1.807, 2.05) is 54.6 Å². The molecule has 0 fully saturated rings. The number of nitrogens with two attached hydrogens (primary N) is 1. The van der Waals surface area contributed by atoms with Crippen LogP contribution in [0.5, 0.6) is 69.0 Å². The van der Waals surface area contributed by atoms with Crippen LogP contribution >= 0.6 is 0 Å². The molecule has 0 saturated carbocycles. The van der Waals surface area contributed by atoms with Crippen LogP contribution in [0.15, 0.2) is 127 Å². The molecule has 71 heavy (non-hydrogen) atoms. The van der Waals surface area contributed by atoms with Crippen LogP contribution in [0.2, 0.25) is 0 Å². The summed E-state index contributed by atoms with van der Waals surface area (Å²) in [5.74, 6) is 3.33. The van der Waals surface area contributed by atoms with Gasteiger partial charge in [0.2, 0.25) is 39.0 Å². The molecule has 0 radical (unpaired) electrons. The molecule has 0 aromatic heterocycles. The molecule has 0 aliphatic carbocycles. The van der Waals surface area contributed by atoms with E-state index in [1.165, 1.54) is 48.6 Å². The van der Waals surface area contributed by atoms with Gasteiger partial charge in [-0.05, 0) is 124 Å². The summed E-state index contributed by atoms with van der Waals surface area (Å²) in [4.78, 5) is 33.9. The predicted octanol–water partition coefficient (Wildman–Crippen LogP) is 6.70. The Morgan fingerprint density at radius 3 is 1.24 bits per heavy atom. The SMILES string of the molecule is NCc1ccc2c(c1)OCO2.O=C(/C=C/c1ccc(O)c(O)c1)NCc1ccc(O)c(O)c1.O=C(/C=C/c1ccc2c(c1)OCO2)NCc1ccc2c(c1)OCO2.O=C(O)/C=C/c1ccc2c(c1)OCO2. The first-order valence-electron chi connectivity index (χ1n) is 21.5. The third-order valence-corrected chi connectivity index (χ3v) is 10.1. The number of carboxylic acid groups (broad SMARTS) is 1. The first-order valence-corrected chi connectivity index (χ1v) is 21.5. The smallest absolute Gasteiger partial charge is 0.328 e. The Balaban J connectivity index is 0.000000145. The maximum Gasteiger partial charge on any atom is 0.328 e. The lowest BCUT2D eigenvalue weighted by Gasteiger charge is -2.04. The number of hydrogen-bond donors (Lipinski definition) is 8. The standard InChI is InChI=1S/C18H15NO5.C16H15NO5.C10H8O4.C8H9NO2/c20-18(6-3-12-1-4-14-16(7-12)23-10-21-14)19-9-13-2-5-15-17(8-13)24-11-22-15;18-12-4-1-10(7-14(12)20)3-6-16(22)17-9-11-2-5-13(19)15(21)8-11;11-10(12)4-2-7-1-3-8-9(5-7)14-6-13-8;9-4-6-1-2-7-8(3-6)11-5-10-7/h1-8H,9-11H2,(H,19,20);1-8,18-21H,9H2,(H,17,22);1-5H,6H2,(H,11,12);1-3H,4-5,9H2/b2*6-3+;4-2+;. The summed E-state index contributed by atoms with van der Waals surface area (Å²) in [5, 5.41) is 50.9. The van der Waals surface area contributed by atoms with Crippen LogP contribution in [0.4, 0.5) is 0 Å². The Kier molecular flexibility index (Phi) is 16.7. The quantitative estimate of drug-likeness (QED) is 0.0495. The summed E-state index contributed by atoms with van der Waals surface area (Å²) in [6, 6.07) is 30.6. The number of carbonyl (C=O) groups is 3. The number of rotatable bonds is 11. The highest BCUT2D eigenvalue weighted by Crippen LogP contribution is 2.35. The van der Waals surface area contributed by atoms with Crippen LogP contribution in [-0.4, -0.2) is 70.5 Å². The zero-order valence-electron chi connectivity index (χ0n) is 37.6. The number of hydrogen-bond acceptors (Lipinski definition) is 16. The molecule has 6 aromatic carbocycles. The molecule has 366 valence electrons. The molecule has 9 N–H and O–H groups in total. The number of nitrogens with one attached hydrogen (secondary N) is 2. The Labute approximate surface area is 405 Å². The topological polar surface area (TPSA) is 276 Å². The molecule has 2 amide bonds. The van der Waals surface area contributed by atoms with E-state index in [-0.39, 0.29) is 61.7 Å². The van der Waals surface area contributed by atoms with Crippen molar-refractivity contribution in [2.45, 2.75) is 19.6 Å². The molecule has 4 aliphatic rings. The lowest BCUT2D eigenvalue weighted by molar-refractivity contribution is -0.131. The van der Waals surface area contributed by atoms with Gasteiger partial charge >= 0.3 is 5.97 Å². The van der Waals surface area contributed by atoms with E-state index in [9.17, 15) is 34.8 Å². The summed E-state index contributed by atoms with van der Waals surface area (Å²) in [7, 11) is 0. The summed E-state index contributed by atoms with van der Waals surface area (Å²) in [6.07, 6.45) is 8.58. The van der Waals surface area contributed by atoms with Gasteiger partial charge < -0.3 is 79.8 Å². The maximum atomic E-state index is 11.9. The third-order valence-electron chi connectivity index (χ3n) is 10.1. The van der Waals surface area contributed by atoms with E-state index in [4.69, 9.17) is 48.7 Å². The van der Waals surface area contributed by atoms with Gasteiger partial charge in [-0.3, -0.25) is 9.59 Å². The molecule has 6 aromatic rings. The van der Waals surface area contributed by atoms with Crippen molar-refractivity contribution in [3.8, 4) is 69.0 Å². The predicted molar refractivity (Wildman–Crippen MR) is 256 cm³/mol. The zero-order chi connectivity index (χ0) is 50.1. The van der Waals surface area contributed by atoms with Gasteiger partial charge in [0.05, 0.1) is 0 Å². The minimum Gasteiger partial charge on any atom is -0.504 e. The van der Waals surface area contributed by atoms with Crippen LogP contribution in [0.25, 0.3) is 18.2 Å². The van der Waals surface area contributed by atoms with Gasteiger partial charge in [0, 0.05) is 37.9 Å². The summed E-state index contributed by atoms with van der Waals surface area (Å²) in [5.41, 5.74) is 10.3. The number of phenols is 4. The molecular weight excluding hydrogens is 923 g/mol. The molecule has 19 nitrogen and oxygen atoms in total. The highest BCUT2D eigenvalue weighted by Gasteiger charge is 2.16. The summed E-state index contributed by atoms with van der Waals surface area (Å²) in [6.45, 7) is 2.17. The minimum atomic E-state index is -0.970. The largest absolute Gasteiger partial charge is 0.504 e. The molecule has 4 heterocycles. The molecule has 0 atom stereocenters. The van der Waals surface area contributed by atoms with Crippen molar-refractivity contribution in [3.63, 3.8) is 0 Å². The number of fused-ring (bicyclic) bond motifs is 4. The van der Waals surface area contributed by atoms with Gasteiger partial charge in [0.25, 0.3) is 0 Å². The number of ether oxygens (including phenoxy) is 8. The van der Waals surface area contributed by atoms with Crippen molar-refractivity contribution in [3.05, 3.63) is 161 Å². The van der Waals surface area contributed by atoms with Gasteiger partial charge in [-0.15, -0.1) is 0 Å². The number of benzene rings is 6.